The number of ether oxygens (including phenoxy) is 1. The zero-order valence-electron chi connectivity index (χ0n) is 10.6. The van der Waals surface area contributed by atoms with Crippen LogP contribution in [0.3, 0.4) is 0 Å². The van der Waals surface area contributed by atoms with Gasteiger partial charge in [-0.15, -0.1) is 0 Å². The van der Waals surface area contributed by atoms with Gasteiger partial charge < -0.3 is 15.4 Å². The van der Waals surface area contributed by atoms with E-state index < -0.39 is 0 Å². The van der Waals surface area contributed by atoms with Gasteiger partial charge in [-0.1, -0.05) is 12.8 Å². The lowest BCUT2D eigenvalue weighted by molar-refractivity contribution is -0.00908. The molecular formula is C13H20N4O. The van der Waals surface area contributed by atoms with Gasteiger partial charge in [0.2, 0.25) is 0 Å². The van der Waals surface area contributed by atoms with Crippen molar-refractivity contribution in [2.75, 3.05) is 18.1 Å². The summed E-state index contributed by atoms with van der Waals surface area (Å²) in [7, 11) is 0. The van der Waals surface area contributed by atoms with Crippen LogP contribution in [0, 0.1) is 0 Å². The number of nitrogens with two attached hydrogens (primary N) is 1. The Balaban J connectivity index is 1.89. The van der Waals surface area contributed by atoms with Crippen molar-refractivity contribution >= 4 is 5.82 Å². The summed E-state index contributed by atoms with van der Waals surface area (Å²) in [5.41, 5.74) is 6.66. The smallest absolute Gasteiger partial charge is 0.152 e. The number of rotatable bonds is 2. The first-order valence-electron chi connectivity index (χ1n) is 6.78. The topological polar surface area (TPSA) is 64.3 Å². The second-order valence-electron chi connectivity index (χ2n) is 4.99. The molecule has 1 aromatic rings. The first-order valence-corrected chi connectivity index (χ1v) is 6.78. The molecule has 5 nitrogen and oxygen atoms in total. The molecule has 2 unspecified atom stereocenters. The van der Waals surface area contributed by atoms with Gasteiger partial charge in [-0.05, 0) is 12.8 Å². The number of fused-ring (bicyclic) bond motifs is 1. The van der Waals surface area contributed by atoms with Crippen LogP contribution in [0.1, 0.15) is 31.4 Å². The largest absolute Gasteiger partial charge is 0.374 e. The molecule has 0 amide bonds. The third kappa shape index (κ3) is 2.08. The summed E-state index contributed by atoms with van der Waals surface area (Å²) >= 11 is 0. The van der Waals surface area contributed by atoms with Crippen LogP contribution in [0.2, 0.25) is 0 Å². The molecule has 2 fully saturated rings. The molecule has 0 bridgehead atoms. The van der Waals surface area contributed by atoms with Crippen LogP contribution in [0.4, 0.5) is 5.82 Å². The van der Waals surface area contributed by atoms with Crippen molar-refractivity contribution in [3.05, 3.63) is 18.1 Å². The van der Waals surface area contributed by atoms with Gasteiger partial charge in [0.25, 0.3) is 0 Å². The maximum Gasteiger partial charge on any atom is 0.152 e. The molecule has 1 aliphatic carbocycles. The van der Waals surface area contributed by atoms with E-state index >= 15 is 0 Å². The second kappa shape index (κ2) is 5.20. The van der Waals surface area contributed by atoms with E-state index in [0.29, 0.717) is 18.7 Å². The standard InChI is InChI=1S/C13H20N4O/c14-9-10-13(16-6-5-15-10)17-7-8-18-12-4-2-1-3-11(12)17/h5-6,11-12H,1-4,7-9,14H2. The highest BCUT2D eigenvalue weighted by Crippen LogP contribution is 2.31. The zero-order valence-corrected chi connectivity index (χ0v) is 10.6. The third-order valence-corrected chi connectivity index (χ3v) is 3.95. The highest BCUT2D eigenvalue weighted by atomic mass is 16.5. The van der Waals surface area contributed by atoms with Crippen molar-refractivity contribution in [2.24, 2.45) is 5.73 Å². The van der Waals surface area contributed by atoms with Crippen molar-refractivity contribution in [2.45, 2.75) is 44.4 Å². The minimum atomic E-state index is 0.361. The Morgan fingerprint density at radius 3 is 3.00 bits per heavy atom. The van der Waals surface area contributed by atoms with Crippen LogP contribution in [-0.4, -0.2) is 35.3 Å². The van der Waals surface area contributed by atoms with Crippen LogP contribution in [0.15, 0.2) is 12.4 Å². The normalized spacial score (nSPS) is 27.9. The highest BCUT2D eigenvalue weighted by molar-refractivity contribution is 5.45. The molecule has 2 aliphatic rings. The summed E-state index contributed by atoms with van der Waals surface area (Å²) < 4.78 is 5.89. The van der Waals surface area contributed by atoms with Gasteiger partial charge in [-0.2, -0.15) is 0 Å². The molecule has 18 heavy (non-hydrogen) atoms. The van der Waals surface area contributed by atoms with E-state index in [-0.39, 0.29) is 0 Å². The minimum absolute atomic E-state index is 0.361. The highest BCUT2D eigenvalue weighted by Gasteiger charge is 2.35. The first kappa shape index (κ1) is 11.9. The van der Waals surface area contributed by atoms with Crippen molar-refractivity contribution < 1.29 is 4.74 Å². The SMILES string of the molecule is NCc1nccnc1N1CCOC2CCCCC21. The van der Waals surface area contributed by atoms with Gasteiger partial charge in [0.05, 0.1) is 24.4 Å². The van der Waals surface area contributed by atoms with Crippen molar-refractivity contribution in [1.29, 1.82) is 0 Å². The lowest BCUT2D eigenvalue weighted by atomic mass is 9.90. The lowest BCUT2D eigenvalue weighted by Crippen LogP contribution is -2.53. The molecule has 0 aromatic carbocycles. The molecule has 1 saturated carbocycles. The fourth-order valence-electron chi connectivity index (χ4n) is 3.10. The molecule has 0 radical (unpaired) electrons. The predicted molar refractivity (Wildman–Crippen MR) is 69.3 cm³/mol. The number of aromatic nitrogens is 2. The number of morpholine rings is 1. The second-order valence-corrected chi connectivity index (χ2v) is 4.99. The van der Waals surface area contributed by atoms with E-state index in [0.717, 1.165) is 24.7 Å². The van der Waals surface area contributed by atoms with Gasteiger partial charge in [-0.3, -0.25) is 4.98 Å². The summed E-state index contributed by atoms with van der Waals surface area (Å²) in [6, 6.07) is 0.453. The molecular weight excluding hydrogens is 228 g/mol. The molecule has 1 aromatic heterocycles. The summed E-state index contributed by atoms with van der Waals surface area (Å²) in [6.07, 6.45) is 8.73. The summed E-state index contributed by atoms with van der Waals surface area (Å²) in [5, 5.41) is 0. The molecule has 2 heterocycles. The molecule has 5 heteroatoms. The maximum absolute atomic E-state index is 5.89. The molecule has 1 saturated heterocycles. The Labute approximate surface area is 107 Å². The van der Waals surface area contributed by atoms with Crippen molar-refractivity contribution in [3.8, 4) is 0 Å². The first-order chi connectivity index (χ1) is 8.90. The van der Waals surface area contributed by atoms with Crippen LogP contribution in [0.25, 0.3) is 0 Å². The van der Waals surface area contributed by atoms with E-state index in [9.17, 15) is 0 Å². The van der Waals surface area contributed by atoms with Gasteiger partial charge in [-0.25, -0.2) is 4.98 Å². The van der Waals surface area contributed by atoms with Crippen LogP contribution in [0.5, 0.6) is 0 Å². The number of nitrogens with zero attached hydrogens (tertiary/aromatic N) is 3. The van der Waals surface area contributed by atoms with E-state index in [2.05, 4.69) is 14.9 Å². The molecule has 98 valence electrons. The van der Waals surface area contributed by atoms with E-state index in [4.69, 9.17) is 10.5 Å². The van der Waals surface area contributed by atoms with Gasteiger partial charge >= 0.3 is 0 Å². The minimum Gasteiger partial charge on any atom is -0.374 e. The predicted octanol–water partition coefficient (Wildman–Crippen LogP) is 1.08. The summed E-state index contributed by atoms with van der Waals surface area (Å²) in [6.45, 7) is 2.12. The number of hydrogen-bond acceptors (Lipinski definition) is 5. The number of hydrogen-bond donors (Lipinski definition) is 1. The molecule has 1 aliphatic heterocycles. The Morgan fingerprint density at radius 1 is 1.28 bits per heavy atom. The fourth-order valence-corrected chi connectivity index (χ4v) is 3.10. The number of anilines is 1. The molecule has 2 N–H and O–H groups in total. The van der Waals surface area contributed by atoms with Crippen molar-refractivity contribution in [3.63, 3.8) is 0 Å². The Morgan fingerprint density at radius 2 is 2.11 bits per heavy atom. The van der Waals surface area contributed by atoms with Crippen LogP contribution in [-0.2, 0) is 11.3 Å². The Kier molecular flexibility index (Phi) is 3.43. The third-order valence-electron chi connectivity index (χ3n) is 3.95. The van der Waals surface area contributed by atoms with Gasteiger partial charge in [0.1, 0.15) is 0 Å². The Bertz CT molecular complexity index is 410. The summed E-state index contributed by atoms with van der Waals surface area (Å²) in [5.74, 6) is 0.959. The summed E-state index contributed by atoms with van der Waals surface area (Å²) in [4.78, 5) is 11.2. The molecule has 2 atom stereocenters. The Hall–Kier alpha value is -1.20. The van der Waals surface area contributed by atoms with E-state index in [1.165, 1.54) is 25.7 Å². The monoisotopic (exact) mass is 248 g/mol. The average molecular weight is 248 g/mol. The van der Waals surface area contributed by atoms with Crippen LogP contribution >= 0.6 is 0 Å². The maximum atomic E-state index is 5.89. The van der Waals surface area contributed by atoms with E-state index in [1.807, 2.05) is 0 Å². The molecule has 3 rings (SSSR count). The lowest BCUT2D eigenvalue weighted by Gasteiger charge is -2.44. The van der Waals surface area contributed by atoms with E-state index in [1.54, 1.807) is 12.4 Å². The average Bonchev–Trinajstić information content (AvgIpc) is 2.46. The van der Waals surface area contributed by atoms with Crippen LogP contribution < -0.4 is 10.6 Å². The van der Waals surface area contributed by atoms with Gasteiger partial charge in [0, 0.05) is 25.5 Å². The zero-order chi connectivity index (χ0) is 12.4. The fraction of sp³-hybridized carbons (Fsp3) is 0.692. The van der Waals surface area contributed by atoms with Crippen molar-refractivity contribution in [1.82, 2.24) is 9.97 Å². The molecule has 0 spiro atoms. The quantitative estimate of drug-likeness (QED) is 0.848. The van der Waals surface area contributed by atoms with Gasteiger partial charge in [0.15, 0.2) is 5.82 Å².